The molecule has 0 amide bonds. The number of rotatable bonds is 3. The fraction of sp³-hybridized carbons (Fsp3) is 0.125. The molecule has 0 atom stereocenters. The van der Waals surface area contributed by atoms with Gasteiger partial charge in [0.25, 0.3) is 0 Å². The molecule has 0 radical (unpaired) electrons. The van der Waals surface area contributed by atoms with Gasteiger partial charge in [-0.05, 0) is 30.2 Å². The molecule has 0 fully saturated rings. The molecular formula is C16H14O3. The first kappa shape index (κ1) is 13.0. The number of carbonyl (C=O) groups is 2. The van der Waals surface area contributed by atoms with Crippen molar-refractivity contribution in [1.82, 2.24) is 0 Å². The Kier molecular flexibility index (Phi) is 3.76. The highest BCUT2D eigenvalue weighted by Gasteiger charge is 2.03. The molecule has 0 bridgehead atoms. The van der Waals surface area contributed by atoms with E-state index in [1.807, 2.05) is 24.3 Å². The lowest BCUT2D eigenvalue weighted by Gasteiger charge is -2.06. The minimum Gasteiger partial charge on any atom is -0.427 e. The van der Waals surface area contributed by atoms with Gasteiger partial charge in [-0.15, -0.1) is 0 Å². The molecule has 0 aromatic heterocycles. The number of carbonyl (C=O) groups excluding carboxylic acids is 2. The first-order valence-electron chi connectivity index (χ1n) is 5.96. The van der Waals surface area contributed by atoms with Crippen LogP contribution in [0.2, 0.25) is 0 Å². The predicted molar refractivity (Wildman–Crippen MR) is 73.2 cm³/mol. The summed E-state index contributed by atoms with van der Waals surface area (Å²) in [6.07, 6.45) is 0. The van der Waals surface area contributed by atoms with Gasteiger partial charge in [0.15, 0.2) is 5.78 Å². The van der Waals surface area contributed by atoms with Gasteiger partial charge in [-0.2, -0.15) is 0 Å². The van der Waals surface area contributed by atoms with Crippen LogP contribution in [0.5, 0.6) is 5.75 Å². The Hall–Kier alpha value is -2.42. The molecule has 0 N–H and O–H groups in total. The summed E-state index contributed by atoms with van der Waals surface area (Å²) < 4.78 is 5.05. The summed E-state index contributed by atoms with van der Waals surface area (Å²) in [5.74, 6) is 0.213. The normalized spacial score (nSPS) is 10.0. The molecule has 2 aromatic carbocycles. The molecule has 2 rings (SSSR count). The Balaban J connectivity index is 2.30. The van der Waals surface area contributed by atoms with Crippen molar-refractivity contribution >= 4 is 11.8 Å². The van der Waals surface area contributed by atoms with E-state index in [0.717, 1.165) is 11.1 Å². The quantitative estimate of drug-likeness (QED) is 0.478. The molecule has 2 aromatic rings. The van der Waals surface area contributed by atoms with E-state index in [9.17, 15) is 9.59 Å². The van der Waals surface area contributed by atoms with Gasteiger partial charge in [-0.3, -0.25) is 9.59 Å². The lowest BCUT2D eigenvalue weighted by atomic mass is 10.0. The molecule has 0 unspecified atom stereocenters. The van der Waals surface area contributed by atoms with Gasteiger partial charge in [0, 0.05) is 12.5 Å². The third-order valence-corrected chi connectivity index (χ3v) is 2.72. The van der Waals surface area contributed by atoms with Gasteiger partial charge in [0.2, 0.25) is 0 Å². The lowest BCUT2D eigenvalue weighted by molar-refractivity contribution is -0.131. The van der Waals surface area contributed by atoms with Crippen LogP contribution in [-0.2, 0) is 4.79 Å². The maximum absolute atomic E-state index is 11.2. The highest BCUT2D eigenvalue weighted by atomic mass is 16.5. The van der Waals surface area contributed by atoms with Crippen molar-refractivity contribution in [3.8, 4) is 16.9 Å². The fourth-order valence-electron chi connectivity index (χ4n) is 1.80. The Labute approximate surface area is 111 Å². The largest absolute Gasteiger partial charge is 0.427 e. The van der Waals surface area contributed by atoms with Crippen molar-refractivity contribution in [2.45, 2.75) is 13.8 Å². The zero-order valence-corrected chi connectivity index (χ0v) is 10.8. The molecule has 0 aliphatic carbocycles. The Morgan fingerprint density at radius 1 is 0.895 bits per heavy atom. The van der Waals surface area contributed by atoms with E-state index in [1.165, 1.54) is 13.8 Å². The van der Waals surface area contributed by atoms with Gasteiger partial charge < -0.3 is 4.74 Å². The minimum atomic E-state index is -0.343. The van der Waals surface area contributed by atoms with E-state index in [4.69, 9.17) is 4.74 Å². The highest BCUT2D eigenvalue weighted by molar-refractivity contribution is 5.94. The maximum Gasteiger partial charge on any atom is 0.308 e. The molecule has 3 nitrogen and oxygen atoms in total. The molecule has 0 heterocycles. The molecule has 96 valence electrons. The molecule has 0 aliphatic rings. The number of ether oxygens (including phenoxy) is 1. The van der Waals surface area contributed by atoms with Crippen LogP contribution in [0, 0.1) is 0 Å². The smallest absolute Gasteiger partial charge is 0.308 e. The maximum atomic E-state index is 11.2. The number of esters is 1. The third-order valence-electron chi connectivity index (χ3n) is 2.72. The zero-order chi connectivity index (χ0) is 13.8. The summed E-state index contributed by atoms with van der Waals surface area (Å²) in [6.45, 7) is 2.91. The van der Waals surface area contributed by atoms with Gasteiger partial charge >= 0.3 is 5.97 Å². The Bertz CT molecular complexity index is 612. The van der Waals surface area contributed by atoms with Crippen LogP contribution in [0.4, 0.5) is 0 Å². The van der Waals surface area contributed by atoms with Crippen LogP contribution in [0.3, 0.4) is 0 Å². The topological polar surface area (TPSA) is 43.4 Å². The summed E-state index contributed by atoms with van der Waals surface area (Å²) in [6, 6.07) is 14.6. The fourth-order valence-corrected chi connectivity index (χ4v) is 1.80. The average molecular weight is 254 g/mol. The summed E-state index contributed by atoms with van der Waals surface area (Å²) >= 11 is 0. The number of hydrogen-bond acceptors (Lipinski definition) is 3. The Morgan fingerprint density at radius 3 is 2.16 bits per heavy atom. The van der Waals surface area contributed by atoms with Crippen LogP contribution in [0.15, 0.2) is 48.5 Å². The summed E-state index contributed by atoms with van der Waals surface area (Å²) in [5.41, 5.74) is 2.59. The molecule has 0 saturated carbocycles. The van der Waals surface area contributed by atoms with Gasteiger partial charge in [0.1, 0.15) is 5.75 Å². The number of ketones is 1. The summed E-state index contributed by atoms with van der Waals surface area (Å²) in [7, 11) is 0. The van der Waals surface area contributed by atoms with Crippen molar-refractivity contribution in [2.24, 2.45) is 0 Å². The van der Waals surface area contributed by atoms with Crippen molar-refractivity contribution in [1.29, 1.82) is 0 Å². The Morgan fingerprint density at radius 2 is 1.58 bits per heavy atom. The van der Waals surface area contributed by atoms with E-state index in [-0.39, 0.29) is 11.8 Å². The third kappa shape index (κ3) is 3.28. The second-order valence-corrected chi connectivity index (χ2v) is 4.26. The lowest BCUT2D eigenvalue weighted by Crippen LogP contribution is -2.01. The van der Waals surface area contributed by atoms with Crippen molar-refractivity contribution in [3.05, 3.63) is 54.1 Å². The van der Waals surface area contributed by atoms with Crippen molar-refractivity contribution in [3.63, 3.8) is 0 Å². The van der Waals surface area contributed by atoms with Crippen molar-refractivity contribution in [2.75, 3.05) is 0 Å². The average Bonchev–Trinajstić information content (AvgIpc) is 2.38. The van der Waals surface area contributed by atoms with Crippen LogP contribution in [-0.4, -0.2) is 11.8 Å². The van der Waals surface area contributed by atoms with Gasteiger partial charge in [-0.25, -0.2) is 0 Å². The van der Waals surface area contributed by atoms with E-state index < -0.39 is 0 Å². The molecular weight excluding hydrogens is 240 g/mol. The first-order valence-corrected chi connectivity index (χ1v) is 5.96. The second-order valence-electron chi connectivity index (χ2n) is 4.26. The number of hydrogen-bond donors (Lipinski definition) is 0. The minimum absolute atomic E-state index is 0.0419. The number of benzene rings is 2. The van der Waals surface area contributed by atoms with Crippen LogP contribution in [0.25, 0.3) is 11.1 Å². The van der Waals surface area contributed by atoms with Crippen LogP contribution < -0.4 is 4.74 Å². The highest BCUT2D eigenvalue weighted by Crippen LogP contribution is 2.24. The summed E-state index contributed by atoms with van der Waals surface area (Å²) in [5, 5.41) is 0. The predicted octanol–water partition coefficient (Wildman–Crippen LogP) is 3.48. The van der Waals surface area contributed by atoms with Gasteiger partial charge in [0.05, 0.1) is 0 Å². The standard InChI is InChI=1S/C16H14O3/c1-11(17)13-6-8-14(9-7-13)15-4-3-5-16(10-15)19-12(2)18/h3-10H,1-2H3. The molecule has 3 heteroatoms. The van der Waals surface area contributed by atoms with Crippen LogP contribution >= 0.6 is 0 Å². The molecule has 19 heavy (non-hydrogen) atoms. The summed E-state index contributed by atoms with van der Waals surface area (Å²) in [4.78, 5) is 22.1. The SMILES string of the molecule is CC(=O)Oc1cccc(-c2ccc(C(C)=O)cc2)c1. The van der Waals surface area contributed by atoms with Crippen LogP contribution in [0.1, 0.15) is 24.2 Å². The molecule has 0 aliphatic heterocycles. The van der Waals surface area contributed by atoms with Crippen molar-refractivity contribution < 1.29 is 14.3 Å². The molecule has 0 spiro atoms. The molecule has 0 saturated heterocycles. The zero-order valence-electron chi connectivity index (χ0n) is 10.8. The van der Waals surface area contributed by atoms with E-state index >= 15 is 0 Å². The van der Waals surface area contributed by atoms with E-state index in [1.54, 1.807) is 24.3 Å². The second kappa shape index (κ2) is 5.48. The van der Waals surface area contributed by atoms with E-state index in [2.05, 4.69) is 0 Å². The monoisotopic (exact) mass is 254 g/mol. The van der Waals surface area contributed by atoms with E-state index in [0.29, 0.717) is 11.3 Å². The first-order chi connectivity index (χ1) is 9.06. The van der Waals surface area contributed by atoms with Gasteiger partial charge in [-0.1, -0.05) is 36.4 Å². The number of Topliss-reactive ketones (excluding diaryl/α,β-unsaturated/α-hetero) is 1.